The van der Waals surface area contributed by atoms with Crippen molar-refractivity contribution in [3.05, 3.63) is 35.9 Å². The number of rotatable bonds is 1. The summed E-state index contributed by atoms with van der Waals surface area (Å²) in [6, 6.07) is 7.05. The van der Waals surface area contributed by atoms with Crippen LogP contribution in [-0.2, 0) is 19.9 Å². The van der Waals surface area contributed by atoms with E-state index in [1.165, 1.54) is 24.3 Å². The van der Waals surface area contributed by atoms with Crippen molar-refractivity contribution in [3.63, 3.8) is 0 Å². The van der Waals surface area contributed by atoms with Crippen LogP contribution in [0.5, 0.6) is 0 Å². The Morgan fingerprint density at radius 3 is 2.00 bits per heavy atom. The summed E-state index contributed by atoms with van der Waals surface area (Å²) >= 11 is 0. The van der Waals surface area contributed by atoms with Crippen molar-refractivity contribution < 1.29 is 27.5 Å². The van der Waals surface area contributed by atoms with Crippen molar-refractivity contribution in [1.82, 2.24) is 0 Å². The molecule has 0 amide bonds. The minimum Gasteiger partial charge on any atom is -0.443 e. The minimum atomic E-state index is -4.84. The second-order valence-electron chi connectivity index (χ2n) is 6.43. The maximum atomic E-state index is 14.0. The first-order valence-electron chi connectivity index (χ1n) is 7.21. The summed E-state index contributed by atoms with van der Waals surface area (Å²) in [5.74, 6) is -1.59. The Hall–Kier alpha value is -1.85. The predicted molar refractivity (Wildman–Crippen MR) is 68.6 cm³/mol. The third kappa shape index (κ3) is 1.34. The van der Waals surface area contributed by atoms with Gasteiger partial charge in [-0.15, -0.1) is 0 Å². The molecule has 0 N–H and O–H groups in total. The topological polar surface area (TPSA) is 43.4 Å². The molecule has 2 spiro atoms. The second-order valence-corrected chi connectivity index (χ2v) is 6.43. The van der Waals surface area contributed by atoms with Gasteiger partial charge in [0.25, 0.3) is 0 Å². The first-order valence-corrected chi connectivity index (χ1v) is 7.21. The molecule has 1 heterocycles. The number of Topliss-reactive ketones (excluding diaryl/α,β-unsaturated/α-hetero) is 1. The normalized spacial score (nSPS) is 31.2. The van der Waals surface area contributed by atoms with Gasteiger partial charge in [-0.25, -0.2) is 0 Å². The van der Waals surface area contributed by atoms with Crippen molar-refractivity contribution in [1.29, 1.82) is 0 Å². The molecule has 1 aliphatic heterocycles. The Kier molecular flexibility index (Phi) is 2.33. The van der Waals surface area contributed by atoms with Crippen LogP contribution in [0.3, 0.4) is 0 Å². The van der Waals surface area contributed by atoms with Gasteiger partial charge in [0.15, 0.2) is 5.78 Å². The number of esters is 1. The number of ether oxygens (including phenoxy) is 1. The Bertz CT molecular complexity index is 672. The van der Waals surface area contributed by atoms with Gasteiger partial charge in [0, 0.05) is 5.56 Å². The van der Waals surface area contributed by atoms with Crippen molar-refractivity contribution in [2.45, 2.75) is 37.5 Å². The summed E-state index contributed by atoms with van der Waals surface area (Å²) in [6.07, 6.45) is -4.03. The Balaban J connectivity index is 1.96. The predicted octanol–water partition coefficient (Wildman–Crippen LogP) is 3.13. The molecule has 1 unspecified atom stereocenters. The number of ketones is 1. The molecular formula is C16H13F3O3. The van der Waals surface area contributed by atoms with E-state index in [0.29, 0.717) is 12.8 Å². The van der Waals surface area contributed by atoms with Crippen LogP contribution in [0.1, 0.15) is 31.2 Å². The van der Waals surface area contributed by atoms with Gasteiger partial charge in [-0.2, -0.15) is 13.2 Å². The number of halogens is 3. The summed E-state index contributed by atoms with van der Waals surface area (Å²) in [5.41, 5.74) is -5.96. The summed E-state index contributed by atoms with van der Waals surface area (Å²) in [7, 11) is 0. The highest BCUT2D eigenvalue weighted by atomic mass is 19.4. The van der Waals surface area contributed by atoms with Gasteiger partial charge in [-0.05, 0) is 25.7 Å². The molecule has 4 rings (SSSR count). The van der Waals surface area contributed by atoms with Crippen molar-refractivity contribution in [2.75, 3.05) is 0 Å². The van der Waals surface area contributed by atoms with Crippen LogP contribution in [0.4, 0.5) is 13.2 Å². The van der Waals surface area contributed by atoms with Crippen LogP contribution < -0.4 is 0 Å². The molecule has 22 heavy (non-hydrogen) atoms. The number of carbonyl (C=O) groups is 2. The molecular weight excluding hydrogens is 297 g/mol. The first kappa shape index (κ1) is 13.8. The van der Waals surface area contributed by atoms with E-state index in [1.807, 2.05) is 0 Å². The summed E-state index contributed by atoms with van der Waals surface area (Å²) in [5, 5.41) is 0. The molecule has 1 saturated heterocycles. The third-order valence-electron chi connectivity index (χ3n) is 5.26. The molecule has 1 atom stereocenters. The highest BCUT2D eigenvalue weighted by Gasteiger charge is 2.85. The zero-order chi connectivity index (χ0) is 15.8. The van der Waals surface area contributed by atoms with Gasteiger partial charge in [0.2, 0.25) is 5.60 Å². The standard InChI is InChI=1S/C16H13F3O3/c17-16(18,19)15(10-4-2-1-3-5-10)14(8-9-14)11(20)13(6-7-13)12(21)22-15/h1-5H,6-9H2. The van der Waals surface area contributed by atoms with E-state index in [9.17, 15) is 22.8 Å². The van der Waals surface area contributed by atoms with Crippen LogP contribution in [0.15, 0.2) is 30.3 Å². The number of carbonyl (C=O) groups excluding carboxylic acids is 2. The molecule has 2 aliphatic carbocycles. The lowest BCUT2D eigenvalue weighted by molar-refractivity contribution is -0.306. The molecule has 3 aliphatic rings. The highest BCUT2D eigenvalue weighted by molar-refractivity contribution is 6.13. The van der Waals surface area contributed by atoms with Gasteiger partial charge < -0.3 is 4.74 Å². The first-order chi connectivity index (χ1) is 10.3. The molecule has 1 aromatic rings. The Morgan fingerprint density at radius 1 is 0.955 bits per heavy atom. The smallest absolute Gasteiger partial charge is 0.433 e. The second kappa shape index (κ2) is 3.73. The lowest BCUT2D eigenvalue weighted by atomic mass is 9.68. The molecule has 0 aromatic heterocycles. The molecule has 3 fully saturated rings. The van der Waals surface area contributed by atoms with E-state index >= 15 is 0 Å². The maximum Gasteiger partial charge on any atom is 0.433 e. The lowest BCUT2D eigenvalue weighted by Crippen LogP contribution is -2.62. The summed E-state index contributed by atoms with van der Waals surface area (Å²) in [4.78, 5) is 24.9. The van der Waals surface area contributed by atoms with E-state index in [-0.39, 0.29) is 18.4 Å². The number of alkyl halides is 3. The molecule has 6 heteroatoms. The van der Waals surface area contributed by atoms with Gasteiger partial charge in [-0.3, -0.25) is 9.59 Å². The number of cyclic esters (lactones) is 1. The van der Waals surface area contributed by atoms with E-state index in [1.54, 1.807) is 6.07 Å². The third-order valence-corrected chi connectivity index (χ3v) is 5.26. The lowest BCUT2D eigenvalue weighted by Gasteiger charge is -2.46. The van der Waals surface area contributed by atoms with Crippen molar-refractivity contribution in [3.8, 4) is 0 Å². The molecule has 116 valence electrons. The molecule has 2 saturated carbocycles. The zero-order valence-electron chi connectivity index (χ0n) is 11.6. The maximum absolute atomic E-state index is 14.0. The number of hydrogen-bond donors (Lipinski definition) is 0. The SMILES string of the molecule is O=C1OC(c2ccccc2)(C(F)(F)F)C2(CC2)C(=O)C12CC2. The van der Waals surface area contributed by atoms with E-state index in [0.717, 1.165) is 0 Å². The average molecular weight is 310 g/mol. The van der Waals surface area contributed by atoms with Crippen LogP contribution in [0.25, 0.3) is 0 Å². The quantitative estimate of drug-likeness (QED) is 0.591. The van der Waals surface area contributed by atoms with E-state index < -0.39 is 34.4 Å². The largest absolute Gasteiger partial charge is 0.443 e. The zero-order valence-corrected chi connectivity index (χ0v) is 11.6. The summed E-state index contributed by atoms with van der Waals surface area (Å²) < 4.78 is 47.1. The van der Waals surface area contributed by atoms with Gasteiger partial charge in [0.1, 0.15) is 5.41 Å². The fraction of sp³-hybridized carbons (Fsp3) is 0.500. The Morgan fingerprint density at radius 2 is 1.55 bits per heavy atom. The van der Waals surface area contributed by atoms with Gasteiger partial charge >= 0.3 is 12.1 Å². The summed E-state index contributed by atoms with van der Waals surface area (Å²) in [6.45, 7) is 0. The van der Waals surface area contributed by atoms with E-state index in [4.69, 9.17) is 4.74 Å². The van der Waals surface area contributed by atoms with Crippen LogP contribution in [-0.4, -0.2) is 17.9 Å². The van der Waals surface area contributed by atoms with Crippen LogP contribution in [0, 0.1) is 10.8 Å². The van der Waals surface area contributed by atoms with E-state index in [2.05, 4.69) is 0 Å². The number of hydrogen-bond acceptors (Lipinski definition) is 3. The Labute approximate surface area is 124 Å². The molecule has 0 radical (unpaired) electrons. The molecule has 1 aromatic carbocycles. The molecule has 3 nitrogen and oxygen atoms in total. The van der Waals surface area contributed by atoms with Gasteiger partial charge in [-0.1, -0.05) is 30.3 Å². The molecule has 0 bridgehead atoms. The monoisotopic (exact) mass is 310 g/mol. The number of benzene rings is 1. The fourth-order valence-electron chi connectivity index (χ4n) is 3.81. The van der Waals surface area contributed by atoms with Crippen LogP contribution >= 0.6 is 0 Å². The van der Waals surface area contributed by atoms with Crippen LogP contribution in [0.2, 0.25) is 0 Å². The van der Waals surface area contributed by atoms with Crippen molar-refractivity contribution >= 4 is 11.8 Å². The average Bonchev–Trinajstić information content (AvgIpc) is 3.36. The van der Waals surface area contributed by atoms with Gasteiger partial charge in [0.05, 0.1) is 5.41 Å². The minimum absolute atomic E-state index is 0.106. The fourth-order valence-corrected chi connectivity index (χ4v) is 3.81. The highest BCUT2D eigenvalue weighted by Crippen LogP contribution is 2.73. The van der Waals surface area contributed by atoms with Crippen molar-refractivity contribution in [2.24, 2.45) is 10.8 Å².